The summed E-state index contributed by atoms with van der Waals surface area (Å²) in [5.74, 6) is -1.33. The number of hydrogen-bond donors (Lipinski definition) is 1. The van der Waals surface area contributed by atoms with Gasteiger partial charge in [0.2, 0.25) is 10.0 Å². The van der Waals surface area contributed by atoms with Crippen LogP contribution >= 0.6 is 0 Å². The maximum Gasteiger partial charge on any atom is 0.417 e. The molecule has 0 radical (unpaired) electrons. The molecule has 7 nitrogen and oxygen atoms in total. The van der Waals surface area contributed by atoms with Crippen molar-refractivity contribution in [1.82, 2.24) is 14.6 Å². The van der Waals surface area contributed by atoms with E-state index in [9.17, 15) is 31.2 Å². The lowest BCUT2D eigenvalue weighted by molar-refractivity contribution is -0.139. The second-order valence-corrected chi connectivity index (χ2v) is 7.29. The lowest BCUT2D eigenvalue weighted by Crippen LogP contribution is -2.38. The topological polar surface area (TPSA) is 96.4 Å². The number of alkyl halides is 3. The molecule has 27 heavy (non-hydrogen) atoms. The van der Waals surface area contributed by atoms with Crippen LogP contribution in [0.5, 0.6) is 0 Å². The Kier molecular flexibility index (Phi) is 4.74. The summed E-state index contributed by atoms with van der Waals surface area (Å²) < 4.78 is 65.5. The summed E-state index contributed by atoms with van der Waals surface area (Å²) in [4.78, 5) is 28.0. The van der Waals surface area contributed by atoms with Crippen LogP contribution in [0.15, 0.2) is 47.5 Å². The quantitative estimate of drug-likeness (QED) is 0.772. The fourth-order valence-electron chi connectivity index (χ4n) is 2.62. The first-order valence-electron chi connectivity index (χ1n) is 7.60. The number of halogens is 3. The van der Waals surface area contributed by atoms with Gasteiger partial charge in [0, 0.05) is 19.3 Å². The van der Waals surface area contributed by atoms with Crippen LogP contribution in [-0.4, -0.2) is 43.2 Å². The predicted molar refractivity (Wildman–Crippen MR) is 86.2 cm³/mol. The number of carbonyl (C=O) groups excluding carboxylic acids is 2. The molecule has 0 saturated carbocycles. The monoisotopic (exact) mass is 399 g/mol. The molecule has 0 fully saturated rings. The summed E-state index contributed by atoms with van der Waals surface area (Å²) in [6.07, 6.45) is -3.51. The summed E-state index contributed by atoms with van der Waals surface area (Å²) >= 11 is 0. The highest BCUT2D eigenvalue weighted by atomic mass is 32.2. The molecule has 142 valence electrons. The first-order valence-corrected chi connectivity index (χ1v) is 9.08. The highest BCUT2D eigenvalue weighted by molar-refractivity contribution is 7.89. The molecule has 11 heteroatoms. The highest BCUT2D eigenvalue weighted by Gasteiger charge is 2.38. The number of pyridine rings is 1. The Balaban J connectivity index is 1.73. The smallest absolute Gasteiger partial charge is 0.272 e. The van der Waals surface area contributed by atoms with E-state index in [2.05, 4.69) is 4.98 Å². The minimum Gasteiger partial charge on any atom is -0.272 e. The van der Waals surface area contributed by atoms with E-state index in [-0.39, 0.29) is 17.8 Å². The molecule has 0 saturated heterocycles. The average Bonchev–Trinajstić information content (AvgIpc) is 2.86. The molecule has 1 aromatic carbocycles. The van der Waals surface area contributed by atoms with Gasteiger partial charge in [0.25, 0.3) is 11.8 Å². The second kappa shape index (κ2) is 6.74. The minimum absolute atomic E-state index is 0.0484. The molecule has 0 aliphatic carbocycles. The van der Waals surface area contributed by atoms with E-state index in [1.165, 1.54) is 24.4 Å². The molecule has 0 spiro atoms. The van der Waals surface area contributed by atoms with E-state index in [0.29, 0.717) is 6.07 Å². The number of rotatable bonds is 5. The lowest BCUT2D eigenvalue weighted by atomic mass is 10.2. The highest BCUT2D eigenvalue weighted by Crippen LogP contribution is 2.33. The third-order valence-corrected chi connectivity index (χ3v) is 5.36. The summed E-state index contributed by atoms with van der Waals surface area (Å²) in [7, 11) is -4.50. The van der Waals surface area contributed by atoms with Crippen molar-refractivity contribution in [2.75, 3.05) is 13.1 Å². The van der Waals surface area contributed by atoms with Crippen molar-refractivity contribution in [3.63, 3.8) is 0 Å². The van der Waals surface area contributed by atoms with Gasteiger partial charge in [0.05, 0.1) is 16.0 Å². The van der Waals surface area contributed by atoms with E-state index in [1.54, 1.807) is 0 Å². The molecule has 3 rings (SSSR count). The Morgan fingerprint density at radius 1 is 1.04 bits per heavy atom. The fraction of sp³-hybridized carbons (Fsp3) is 0.188. The van der Waals surface area contributed by atoms with E-state index < -0.39 is 45.0 Å². The fourth-order valence-corrected chi connectivity index (χ4v) is 3.87. The van der Waals surface area contributed by atoms with Gasteiger partial charge in [-0.1, -0.05) is 12.1 Å². The van der Waals surface area contributed by atoms with Gasteiger partial charge in [-0.2, -0.15) is 13.2 Å². The first kappa shape index (κ1) is 19.0. The van der Waals surface area contributed by atoms with Gasteiger partial charge in [-0.25, -0.2) is 13.1 Å². The van der Waals surface area contributed by atoms with Gasteiger partial charge in [-0.15, -0.1) is 0 Å². The molecule has 0 unspecified atom stereocenters. The Morgan fingerprint density at radius 2 is 1.74 bits per heavy atom. The van der Waals surface area contributed by atoms with Crippen LogP contribution in [0.4, 0.5) is 13.2 Å². The Hall–Kier alpha value is -2.79. The number of imide groups is 1. The van der Waals surface area contributed by atoms with E-state index in [1.807, 2.05) is 4.72 Å². The van der Waals surface area contributed by atoms with E-state index in [4.69, 9.17) is 0 Å². The normalized spacial score (nSPS) is 14.6. The van der Waals surface area contributed by atoms with Crippen LogP contribution in [-0.2, 0) is 16.2 Å². The molecule has 2 heterocycles. The number of carbonyl (C=O) groups is 2. The first-order chi connectivity index (χ1) is 12.6. The number of nitrogens with zero attached hydrogens (tertiary/aromatic N) is 2. The van der Waals surface area contributed by atoms with Gasteiger partial charge in [-0.3, -0.25) is 19.5 Å². The van der Waals surface area contributed by atoms with Gasteiger partial charge >= 0.3 is 6.18 Å². The van der Waals surface area contributed by atoms with Crippen molar-refractivity contribution >= 4 is 21.8 Å². The van der Waals surface area contributed by atoms with Crippen molar-refractivity contribution in [2.45, 2.75) is 11.1 Å². The van der Waals surface area contributed by atoms with E-state index >= 15 is 0 Å². The van der Waals surface area contributed by atoms with Crippen LogP contribution in [0.1, 0.15) is 26.4 Å². The molecule has 1 aromatic heterocycles. The summed E-state index contributed by atoms with van der Waals surface area (Å²) in [5.41, 5.74) is -1.26. The second-order valence-electron chi connectivity index (χ2n) is 5.55. The molecule has 1 aliphatic rings. The Morgan fingerprint density at radius 3 is 2.41 bits per heavy atom. The maximum absolute atomic E-state index is 13.0. The van der Waals surface area contributed by atoms with E-state index in [0.717, 1.165) is 17.0 Å². The van der Waals surface area contributed by atoms with Crippen LogP contribution in [0.3, 0.4) is 0 Å². The van der Waals surface area contributed by atoms with Crippen molar-refractivity contribution in [3.05, 3.63) is 59.4 Å². The number of aromatic nitrogens is 1. The number of nitrogens with one attached hydrogen (secondary N) is 1. The SMILES string of the molecule is O=C1c2cccnc2C(=O)N1CCNS(=O)(=O)c1ccccc1C(F)(F)F. The molecule has 0 atom stereocenters. The molecular weight excluding hydrogens is 387 g/mol. The predicted octanol–water partition coefficient (Wildman–Crippen LogP) is 1.67. The van der Waals surface area contributed by atoms with Gasteiger partial charge in [0.15, 0.2) is 0 Å². The number of amides is 2. The third-order valence-electron chi connectivity index (χ3n) is 3.84. The van der Waals surface area contributed by atoms with Crippen molar-refractivity contribution < 1.29 is 31.2 Å². The number of sulfonamides is 1. The van der Waals surface area contributed by atoms with Crippen molar-refractivity contribution in [3.8, 4) is 0 Å². The summed E-state index contributed by atoms with van der Waals surface area (Å²) in [6, 6.07) is 6.62. The number of fused-ring (bicyclic) bond motifs is 1. The zero-order chi connectivity index (χ0) is 19.8. The van der Waals surface area contributed by atoms with Crippen molar-refractivity contribution in [1.29, 1.82) is 0 Å². The number of benzene rings is 1. The van der Waals surface area contributed by atoms with Crippen LogP contribution in [0, 0.1) is 0 Å². The Labute approximate surface area is 151 Å². The zero-order valence-corrected chi connectivity index (χ0v) is 14.3. The van der Waals surface area contributed by atoms with Crippen LogP contribution in [0.25, 0.3) is 0 Å². The standard InChI is InChI=1S/C16H12F3N3O4S/c17-16(18,19)11-5-1-2-6-12(11)27(25,26)21-8-9-22-14(23)10-4-3-7-20-13(10)15(22)24/h1-7,21H,8-9H2. The third kappa shape index (κ3) is 3.55. The zero-order valence-electron chi connectivity index (χ0n) is 13.5. The minimum atomic E-state index is -4.85. The molecule has 1 N–H and O–H groups in total. The molecule has 2 amide bonds. The summed E-state index contributed by atoms with van der Waals surface area (Å²) in [5, 5.41) is 0. The van der Waals surface area contributed by atoms with Gasteiger partial charge < -0.3 is 0 Å². The van der Waals surface area contributed by atoms with Gasteiger partial charge in [-0.05, 0) is 24.3 Å². The maximum atomic E-state index is 13.0. The number of hydrogen-bond acceptors (Lipinski definition) is 5. The van der Waals surface area contributed by atoms with Crippen LogP contribution < -0.4 is 4.72 Å². The lowest BCUT2D eigenvalue weighted by Gasteiger charge is -2.16. The molecular formula is C16H12F3N3O4S. The molecule has 2 aromatic rings. The van der Waals surface area contributed by atoms with Crippen LogP contribution in [0.2, 0.25) is 0 Å². The molecule has 1 aliphatic heterocycles. The largest absolute Gasteiger partial charge is 0.417 e. The Bertz CT molecular complexity index is 987. The summed E-state index contributed by atoms with van der Waals surface area (Å²) in [6.45, 7) is -0.790. The average molecular weight is 399 g/mol. The van der Waals surface area contributed by atoms with Crippen molar-refractivity contribution in [2.24, 2.45) is 0 Å². The van der Waals surface area contributed by atoms with Gasteiger partial charge in [0.1, 0.15) is 5.69 Å². The molecule has 0 bridgehead atoms.